The predicted octanol–water partition coefficient (Wildman–Crippen LogP) is 2.44. The van der Waals surface area contributed by atoms with Gasteiger partial charge in [-0.05, 0) is 50.9 Å². The highest BCUT2D eigenvalue weighted by molar-refractivity contribution is 7.89. The molecule has 1 rings (SSSR count). The lowest BCUT2D eigenvalue weighted by atomic mass is 10.1. The number of nitrogens with one attached hydrogen (secondary N) is 2. The minimum Gasteiger partial charge on any atom is -0.313 e. The van der Waals surface area contributed by atoms with Crippen molar-refractivity contribution in [2.24, 2.45) is 0 Å². The number of rotatable bonds is 6. The highest BCUT2D eigenvalue weighted by Gasteiger charge is 2.24. The van der Waals surface area contributed by atoms with Gasteiger partial charge in [0.25, 0.3) is 0 Å². The molecular formula is C15H26N2O2S. The maximum atomic E-state index is 12.5. The van der Waals surface area contributed by atoms with Crippen molar-refractivity contribution in [3.8, 4) is 0 Å². The van der Waals surface area contributed by atoms with Crippen molar-refractivity contribution < 1.29 is 8.42 Å². The molecule has 0 radical (unpaired) electrons. The van der Waals surface area contributed by atoms with Crippen LogP contribution in [0.25, 0.3) is 0 Å². The van der Waals surface area contributed by atoms with Crippen LogP contribution in [0.1, 0.15) is 45.7 Å². The van der Waals surface area contributed by atoms with Gasteiger partial charge in [0.05, 0.1) is 4.90 Å². The summed E-state index contributed by atoms with van der Waals surface area (Å²) in [5.74, 6) is 0. The fourth-order valence-corrected chi connectivity index (χ4v) is 3.76. The molecule has 5 heteroatoms. The first-order chi connectivity index (χ1) is 9.19. The summed E-state index contributed by atoms with van der Waals surface area (Å²) < 4.78 is 27.8. The predicted molar refractivity (Wildman–Crippen MR) is 83.3 cm³/mol. The third-order valence-electron chi connectivity index (χ3n) is 2.82. The van der Waals surface area contributed by atoms with E-state index in [4.69, 9.17) is 0 Å². The Balaban J connectivity index is 3.19. The van der Waals surface area contributed by atoms with Gasteiger partial charge in [-0.25, -0.2) is 13.1 Å². The topological polar surface area (TPSA) is 58.2 Å². The Morgan fingerprint density at radius 3 is 2.30 bits per heavy atom. The molecule has 0 aromatic heterocycles. The van der Waals surface area contributed by atoms with Crippen LogP contribution in [0, 0.1) is 0 Å². The average molecular weight is 298 g/mol. The summed E-state index contributed by atoms with van der Waals surface area (Å²) >= 11 is 0. The van der Waals surface area contributed by atoms with Crippen LogP contribution >= 0.6 is 0 Å². The summed E-state index contributed by atoms with van der Waals surface area (Å²) in [5, 5.41) is 3.21. The first-order valence-electron chi connectivity index (χ1n) is 7.06. The third kappa shape index (κ3) is 4.89. The molecule has 0 unspecified atom stereocenters. The maximum Gasteiger partial charge on any atom is 0.241 e. The Hall–Kier alpha value is -0.910. The number of sulfonamides is 1. The van der Waals surface area contributed by atoms with Gasteiger partial charge in [-0.15, -0.1) is 0 Å². The van der Waals surface area contributed by atoms with E-state index in [0.29, 0.717) is 17.9 Å². The lowest BCUT2D eigenvalue weighted by molar-refractivity contribution is 0.491. The van der Waals surface area contributed by atoms with Crippen molar-refractivity contribution in [1.82, 2.24) is 10.0 Å². The quantitative estimate of drug-likeness (QED) is 0.848. The number of aryl methyl sites for hydroxylation is 1. The molecule has 2 N–H and O–H groups in total. The minimum absolute atomic E-state index is 0.394. The zero-order valence-corrected chi connectivity index (χ0v) is 13.9. The maximum absolute atomic E-state index is 12.5. The van der Waals surface area contributed by atoms with Gasteiger partial charge in [0.15, 0.2) is 0 Å². The van der Waals surface area contributed by atoms with Crippen LogP contribution in [-0.2, 0) is 23.0 Å². The van der Waals surface area contributed by atoms with Gasteiger partial charge in [-0.1, -0.05) is 26.0 Å². The monoisotopic (exact) mass is 298 g/mol. The van der Waals surface area contributed by atoms with Crippen LogP contribution in [-0.4, -0.2) is 20.5 Å². The molecule has 0 spiro atoms. The van der Waals surface area contributed by atoms with Crippen molar-refractivity contribution in [2.75, 3.05) is 6.54 Å². The molecule has 0 aliphatic heterocycles. The zero-order chi connectivity index (χ0) is 15.4. The van der Waals surface area contributed by atoms with Crippen molar-refractivity contribution in [1.29, 1.82) is 0 Å². The summed E-state index contributed by atoms with van der Waals surface area (Å²) in [4.78, 5) is 0.394. The van der Waals surface area contributed by atoms with Crippen LogP contribution in [0.2, 0.25) is 0 Å². The molecular weight excluding hydrogens is 272 g/mol. The molecule has 20 heavy (non-hydrogen) atoms. The second-order valence-electron chi connectivity index (χ2n) is 5.93. The van der Waals surface area contributed by atoms with Gasteiger partial charge < -0.3 is 5.32 Å². The summed E-state index contributed by atoms with van der Waals surface area (Å²) in [6, 6.07) is 5.66. The van der Waals surface area contributed by atoms with Crippen LogP contribution in [0.15, 0.2) is 23.1 Å². The van der Waals surface area contributed by atoms with Gasteiger partial charge >= 0.3 is 0 Å². The van der Waals surface area contributed by atoms with Crippen LogP contribution in [0.3, 0.4) is 0 Å². The standard InChI is InChI=1S/C15H26N2O2S/c1-6-13-9-8-12(11-16-7-2)10-14(13)20(18,19)17-15(3,4)5/h8-10,16-17H,6-7,11H2,1-5H3. The fraction of sp³-hybridized carbons (Fsp3) is 0.600. The second-order valence-corrected chi connectivity index (χ2v) is 7.58. The van der Waals surface area contributed by atoms with E-state index in [2.05, 4.69) is 10.0 Å². The molecule has 0 saturated carbocycles. The van der Waals surface area contributed by atoms with E-state index in [0.717, 1.165) is 17.7 Å². The van der Waals surface area contributed by atoms with Crippen molar-refractivity contribution in [2.45, 2.75) is 58.0 Å². The first kappa shape index (κ1) is 17.1. The Labute approximate surface area is 123 Å². The highest BCUT2D eigenvalue weighted by Crippen LogP contribution is 2.20. The summed E-state index contributed by atoms with van der Waals surface area (Å²) in [5.41, 5.74) is 1.35. The molecule has 1 aromatic rings. The molecule has 0 heterocycles. The van der Waals surface area contributed by atoms with Gasteiger partial charge in [-0.3, -0.25) is 0 Å². The van der Waals surface area contributed by atoms with Crippen LogP contribution in [0.4, 0.5) is 0 Å². The van der Waals surface area contributed by atoms with Crippen LogP contribution in [0.5, 0.6) is 0 Å². The van der Waals surface area contributed by atoms with E-state index in [1.807, 2.05) is 46.8 Å². The minimum atomic E-state index is -3.49. The van der Waals surface area contributed by atoms with Gasteiger partial charge in [0.1, 0.15) is 0 Å². The molecule has 0 aliphatic carbocycles. The third-order valence-corrected chi connectivity index (χ3v) is 4.66. The summed E-state index contributed by atoms with van der Waals surface area (Å²) in [6.07, 6.45) is 0.696. The van der Waals surface area contributed by atoms with E-state index in [1.54, 1.807) is 6.07 Å². The Morgan fingerprint density at radius 1 is 1.15 bits per heavy atom. The Morgan fingerprint density at radius 2 is 1.80 bits per heavy atom. The fourth-order valence-electron chi connectivity index (χ4n) is 1.98. The van der Waals surface area contributed by atoms with E-state index < -0.39 is 15.6 Å². The van der Waals surface area contributed by atoms with Gasteiger partial charge in [0.2, 0.25) is 10.0 Å². The largest absolute Gasteiger partial charge is 0.313 e. The number of hydrogen-bond donors (Lipinski definition) is 2. The molecule has 0 amide bonds. The molecule has 1 aromatic carbocycles. The second kappa shape index (κ2) is 6.70. The Kier molecular flexibility index (Phi) is 5.74. The molecule has 0 fully saturated rings. The highest BCUT2D eigenvalue weighted by atomic mass is 32.2. The zero-order valence-electron chi connectivity index (χ0n) is 13.1. The number of hydrogen-bond acceptors (Lipinski definition) is 3. The van der Waals surface area contributed by atoms with Crippen molar-refractivity contribution in [3.63, 3.8) is 0 Å². The molecule has 0 saturated heterocycles. The smallest absolute Gasteiger partial charge is 0.241 e. The molecule has 114 valence electrons. The van der Waals surface area contributed by atoms with E-state index in [1.165, 1.54) is 0 Å². The lowest BCUT2D eigenvalue weighted by Gasteiger charge is -2.22. The van der Waals surface area contributed by atoms with Crippen molar-refractivity contribution in [3.05, 3.63) is 29.3 Å². The van der Waals surface area contributed by atoms with E-state index in [-0.39, 0.29) is 0 Å². The first-order valence-corrected chi connectivity index (χ1v) is 8.54. The van der Waals surface area contributed by atoms with E-state index >= 15 is 0 Å². The molecule has 0 atom stereocenters. The SMILES string of the molecule is CCNCc1ccc(CC)c(S(=O)(=O)NC(C)(C)C)c1. The lowest BCUT2D eigenvalue weighted by Crippen LogP contribution is -2.40. The average Bonchev–Trinajstić information content (AvgIpc) is 2.33. The van der Waals surface area contributed by atoms with E-state index in [9.17, 15) is 8.42 Å². The van der Waals surface area contributed by atoms with Gasteiger partial charge in [0, 0.05) is 12.1 Å². The van der Waals surface area contributed by atoms with Crippen molar-refractivity contribution >= 4 is 10.0 Å². The normalized spacial score (nSPS) is 12.7. The molecule has 0 aliphatic rings. The number of benzene rings is 1. The molecule has 0 bridgehead atoms. The molecule has 4 nitrogen and oxygen atoms in total. The Bertz CT molecular complexity index is 545. The van der Waals surface area contributed by atoms with Crippen LogP contribution < -0.4 is 10.0 Å². The summed E-state index contributed by atoms with van der Waals surface area (Å²) in [7, 11) is -3.49. The summed E-state index contributed by atoms with van der Waals surface area (Å²) in [6.45, 7) is 11.1. The van der Waals surface area contributed by atoms with Gasteiger partial charge in [-0.2, -0.15) is 0 Å².